The number of aliphatic imine (C=N–C) groups is 1. The SMILES string of the molecule is CC1CC1NC(=NCc1ccc(S(N)(=O)=O)cc1)NCC(=O)N(C)C.I. The van der Waals surface area contributed by atoms with Crippen molar-refractivity contribution < 1.29 is 13.2 Å². The molecule has 0 saturated heterocycles. The van der Waals surface area contributed by atoms with Gasteiger partial charge < -0.3 is 15.5 Å². The zero-order chi connectivity index (χ0) is 18.6. The smallest absolute Gasteiger partial charge is 0.241 e. The van der Waals surface area contributed by atoms with Gasteiger partial charge in [0.05, 0.1) is 18.0 Å². The lowest BCUT2D eigenvalue weighted by atomic mass is 10.2. The van der Waals surface area contributed by atoms with E-state index in [1.54, 1.807) is 26.2 Å². The number of guanidine groups is 1. The summed E-state index contributed by atoms with van der Waals surface area (Å²) in [5, 5.41) is 11.4. The van der Waals surface area contributed by atoms with Gasteiger partial charge in [-0.05, 0) is 30.0 Å². The standard InChI is InChI=1S/C16H25N5O3S.HI/c1-11-8-14(11)20-16(19-10-15(22)21(2)3)18-9-12-4-6-13(7-5-12)25(17,23)24;/h4-7,11,14H,8-10H2,1-3H3,(H2,17,23,24)(H2,18,19,20);1H. The number of hydrogen-bond donors (Lipinski definition) is 3. The summed E-state index contributed by atoms with van der Waals surface area (Å²) in [7, 11) is -0.296. The molecule has 146 valence electrons. The van der Waals surface area contributed by atoms with Crippen LogP contribution in [0.3, 0.4) is 0 Å². The monoisotopic (exact) mass is 495 g/mol. The highest BCUT2D eigenvalue weighted by molar-refractivity contribution is 14.0. The molecule has 1 aromatic rings. The maximum atomic E-state index is 11.7. The zero-order valence-corrected chi connectivity index (χ0v) is 18.2. The Morgan fingerprint density at radius 1 is 1.31 bits per heavy atom. The topological polar surface area (TPSA) is 117 Å². The van der Waals surface area contributed by atoms with E-state index in [9.17, 15) is 13.2 Å². The van der Waals surface area contributed by atoms with Gasteiger partial charge in [0, 0.05) is 20.1 Å². The summed E-state index contributed by atoms with van der Waals surface area (Å²) in [6.45, 7) is 2.66. The first-order valence-corrected chi connectivity index (χ1v) is 9.58. The number of sulfonamides is 1. The summed E-state index contributed by atoms with van der Waals surface area (Å²) in [6, 6.07) is 6.63. The number of carbonyl (C=O) groups excluding carboxylic acids is 1. The van der Waals surface area contributed by atoms with Crippen molar-refractivity contribution in [2.45, 2.75) is 30.8 Å². The van der Waals surface area contributed by atoms with Gasteiger partial charge >= 0.3 is 0 Å². The van der Waals surface area contributed by atoms with Crippen molar-refractivity contribution in [3.05, 3.63) is 29.8 Å². The van der Waals surface area contributed by atoms with Gasteiger partial charge in [-0.15, -0.1) is 24.0 Å². The van der Waals surface area contributed by atoms with Crippen molar-refractivity contribution in [2.24, 2.45) is 16.0 Å². The van der Waals surface area contributed by atoms with Gasteiger partial charge in [-0.25, -0.2) is 18.5 Å². The number of primary sulfonamides is 1. The van der Waals surface area contributed by atoms with Crippen molar-refractivity contribution >= 4 is 45.9 Å². The van der Waals surface area contributed by atoms with Gasteiger partial charge in [0.25, 0.3) is 0 Å². The quantitative estimate of drug-likeness (QED) is 0.302. The minimum absolute atomic E-state index is 0. The van der Waals surface area contributed by atoms with Crippen LogP contribution in [-0.2, 0) is 21.4 Å². The summed E-state index contributed by atoms with van der Waals surface area (Å²) in [4.78, 5) is 17.8. The van der Waals surface area contributed by atoms with Gasteiger partial charge in [0.15, 0.2) is 5.96 Å². The van der Waals surface area contributed by atoms with E-state index in [1.165, 1.54) is 17.0 Å². The number of carbonyl (C=O) groups is 1. The van der Waals surface area contributed by atoms with Gasteiger partial charge in [-0.2, -0.15) is 0 Å². The average molecular weight is 495 g/mol. The third-order valence-corrected chi connectivity index (χ3v) is 4.94. The van der Waals surface area contributed by atoms with E-state index in [2.05, 4.69) is 22.5 Å². The number of halogens is 1. The van der Waals surface area contributed by atoms with Crippen molar-refractivity contribution in [3.63, 3.8) is 0 Å². The first kappa shape index (κ1) is 22.6. The van der Waals surface area contributed by atoms with Crippen molar-refractivity contribution in [2.75, 3.05) is 20.6 Å². The Balaban J connectivity index is 0.00000338. The van der Waals surface area contributed by atoms with Crippen molar-refractivity contribution in [3.8, 4) is 0 Å². The minimum Gasteiger partial charge on any atom is -0.353 e. The van der Waals surface area contributed by atoms with Gasteiger partial charge in [0.1, 0.15) is 0 Å². The van der Waals surface area contributed by atoms with E-state index in [4.69, 9.17) is 5.14 Å². The zero-order valence-electron chi connectivity index (χ0n) is 15.1. The number of hydrogen-bond acceptors (Lipinski definition) is 4. The fourth-order valence-electron chi connectivity index (χ4n) is 2.12. The third kappa shape index (κ3) is 7.08. The molecule has 1 amide bonds. The van der Waals surface area contributed by atoms with Crippen LogP contribution < -0.4 is 15.8 Å². The number of nitrogens with one attached hydrogen (secondary N) is 2. The Morgan fingerprint density at radius 3 is 2.35 bits per heavy atom. The Hall–Kier alpha value is -1.40. The molecule has 2 rings (SSSR count). The number of amides is 1. The van der Waals surface area contributed by atoms with Crippen LogP contribution in [0, 0.1) is 5.92 Å². The molecule has 1 fully saturated rings. The van der Waals surface area contributed by atoms with E-state index >= 15 is 0 Å². The Labute approximate surface area is 171 Å². The molecule has 0 heterocycles. The third-order valence-electron chi connectivity index (χ3n) is 4.01. The maximum Gasteiger partial charge on any atom is 0.241 e. The summed E-state index contributed by atoms with van der Waals surface area (Å²) >= 11 is 0. The first-order valence-electron chi connectivity index (χ1n) is 8.03. The molecule has 0 bridgehead atoms. The van der Waals surface area contributed by atoms with Gasteiger partial charge in [-0.3, -0.25) is 4.79 Å². The molecule has 1 saturated carbocycles. The van der Waals surface area contributed by atoms with E-state index < -0.39 is 10.0 Å². The van der Waals surface area contributed by atoms with Crippen LogP contribution >= 0.6 is 24.0 Å². The number of rotatable bonds is 6. The molecular weight excluding hydrogens is 469 g/mol. The maximum absolute atomic E-state index is 11.7. The van der Waals surface area contributed by atoms with E-state index in [0.717, 1.165) is 12.0 Å². The van der Waals surface area contributed by atoms with Crippen LogP contribution in [0.15, 0.2) is 34.2 Å². The second-order valence-corrected chi connectivity index (χ2v) is 8.02. The number of nitrogens with two attached hydrogens (primary N) is 1. The number of benzene rings is 1. The van der Waals surface area contributed by atoms with Gasteiger partial charge in [-0.1, -0.05) is 19.1 Å². The molecule has 0 aliphatic heterocycles. The fourth-order valence-corrected chi connectivity index (χ4v) is 2.64. The van der Waals surface area contributed by atoms with Crippen LogP contribution in [0.4, 0.5) is 0 Å². The van der Waals surface area contributed by atoms with Crippen LogP contribution in [0.2, 0.25) is 0 Å². The minimum atomic E-state index is -3.69. The first-order chi connectivity index (χ1) is 11.7. The Kier molecular flexibility index (Phi) is 8.28. The van der Waals surface area contributed by atoms with Crippen LogP contribution in [0.1, 0.15) is 18.9 Å². The molecule has 0 radical (unpaired) electrons. The second kappa shape index (κ2) is 9.51. The van der Waals surface area contributed by atoms with Crippen LogP contribution in [-0.4, -0.2) is 51.9 Å². The molecule has 10 heteroatoms. The molecule has 2 unspecified atom stereocenters. The predicted octanol–water partition coefficient (Wildman–Crippen LogP) is 0.484. The van der Waals surface area contributed by atoms with Crippen molar-refractivity contribution in [1.29, 1.82) is 0 Å². The second-order valence-electron chi connectivity index (χ2n) is 6.46. The Bertz CT molecular complexity index is 750. The molecule has 1 aliphatic rings. The highest BCUT2D eigenvalue weighted by Crippen LogP contribution is 2.28. The van der Waals surface area contributed by atoms with Crippen molar-refractivity contribution in [1.82, 2.24) is 15.5 Å². The molecular formula is C16H26IN5O3S. The molecule has 8 nitrogen and oxygen atoms in total. The van der Waals surface area contributed by atoms with E-state index in [0.29, 0.717) is 24.5 Å². The molecule has 4 N–H and O–H groups in total. The summed E-state index contributed by atoms with van der Waals surface area (Å²) in [6.07, 6.45) is 1.07. The average Bonchev–Trinajstić information content (AvgIpc) is 3.24. The fraction of sp³-hybridized carbons (Fsp3) is 0.500. The number of likely N-dealkylation sites (N-methyl/N-ethyl adjacent to an activating group) is 1. The predicted molar refractivity (Wildman–Crippen MR) is 112 cm³/mol. The largest absolute Gasteiger partial charge is 0.353 e. The molecule has 1 aliphatic carbocycles. The molecule has 0 spiro atoms. The molecule has 2 atom stereocenters. The highest BCUT2D eigenvalue weighted by Gasteiger charge is 2.33. The van der Waals surface area contributed by atoms with Crippen LogP contribution in [0.5, 0.6) is 0 Å². The lowest BCUT2D eigenvalue weighted by Gasteiger charge is -2.15. The highest BCUT2D eigenvalue weighted by atomic mass is 127. The summed E-state index contributed by atoms with van der Waals surface area (Å²) in [5.74, 6) is 1.11. The van der Waals surface area contributed by atoms with Gasteiger partial charge in [0.2, 0.25) is 15.9 Å². The molecule has 1 aromatic carbocycles. The summed E-state index contributed by atoms with van der Waals surface area (Å²) < 4.78 is 22.5. The lowest BCUT2D eigenvalue weighted by Crippen LogP contribution is -2.44. The van der Waals surface area contributed by atoms with E-state index in [1.807, 2.05) is 0 Å². The summed E-state index contributed by atoms with van der Waals surface area (Å²) in [5.41, 5.74) is 0.844. The number of nitrogens with zero attached hydrogens (tertiary/aromatic N) is 2. The lowest BCUT2D eigenvalue weighted by molar-refractivity contribution is -0.127. The van der Waals surface area contributed by atoms with E-state index in [-0.39, 0.29) is 41.3 Å². The molecule has 26 heavy (non-hydrogen) atoms. The Morgan fingerprint density at radius 2 is 1.88 bits per heavy atom. The molecule has 0 aromatic heterocycles. The van der Waals surface area contributed by atoms with Crippen LogP contribution in [0.25, 0.3) is 0 Å². The normalized spacial score (nSPS) is 19.3.